The number of rotatable bonds is 7. The van der Waals surface area contributed by atoms with Crippen LogP contribution in [0.5, 0.6) is 17.2 Å². The van der Waals surface area contributed by atoms with Gasteiger partial charge in [0.1, 0.15) is 17.6 Å². The number of nitrogens with zero attached hydrogens (tertiary/aromatic N) is 2. The number of piperazine rings is 1. The summed E-state index contributed by atoms with van der Waals surface area (Å²) in [6.07, 6.45) is -2.88. The fourth-order valence-electron chi connectivity index (χ4n) is 4.23. The number of fused-ring (bicyclic) bond motifs is 1. The third kappa shape index (κ3) is 4.97. The first-order chi connectivity index (χ1) is 16.2. The van der Waals surface area contributed by atoms with Crippen LogP contribution in [0.3, 0.4) is 0 Å². The number of aromatic hydroxyl groups is 1. The van der Waals surface area contributed by atoms with E-state index >= 15 is 0 Å². The molecule has 1 N–H and O–H groups in total. The van der Waals surface area contributed by atoms with Gasteiger partial charge in [0.2, 0.25) is 0 Å². The number of carbonyl (C=O) groups excluding carboxylic acids is 1. The minimum Gasteiger partial charge on any atom is -0.508 e. The molecule has 7 nitrogen and oxygen atoms in total. The highest BCUT2D eigenvalue weighted by Gasteiger charge is 2.32. The summed E-state index contributed by atoms with van der Waals surface area (Å²) in [5.41, 5.74) is 1.57. The standard InChI is InChI=1S/C24H25F3N2O5/c1-32-19-5-3-15(11-21(19)33-2)23(31)17-13-34-20-6-4-18(30)16(22(17)20)12-28-7-9-29(10-8-28)14-24(25,26)27/h3-6,11,13,30H,7-10,12,14H2,1-2H3. The third-order valence-corrected chi connectivity index (χ3v) is 5.96. The molecule has 2 heterocycles. The second kappa shape index (κ2) is 9.55. The van der Waals surface area contributed by atoms with Crippen molar-refractivity contribution in [3.63, 3.8) is 0 Å². The summed E-state index contributed by atoms with van der Waals surface area (Å²) < 4.78 is 54.2. The van der Waals surface area contributed by atoms with Gasteiger partial charge < -0.3 is 19.0 Å². The van der Waals surface area contributed by atoms with Crippen molar-refractivity contribution in [3.05, 3.63) is 53.3 Å². The zero-order chi connectivity index (χ0) is 24.5. The van der Waals surface area contributed by atoms with Crippen LogP contribution in [0.1, 0.15) is 21.5 Å². The number of phenolic OH excluding ortho intramolecular Hbond substituents is 1. The molecule has 0 atom stereocenters. The van der Waals surface area contributed by atoms with Crippen LogP contribution in [-0.4, -0.2) is 73.8 Å². The molecule has 10 heteroatoms. The molecule has 0 bridgehead atoms. The molecule has 0 amide bonds. The number of benzene rings is 2. The Kier molecular flexibility index (Phi) is 6.72. The lowest BCUT2D eigenvalue weighted by Crippen LogP contribution is -2.48. The Balaban J connectivity index is 1.61. The zero-order valence-corrected chi connectivity index (χ0v) is 18.8. The molecular formula is C24H25F3N2O5. The number of carbonyl (C=O) groups is 1. The molecule has 1 aliphatic heterocycles. The van der Waals surface area contributed by atoms with Crippen LogP contribution < -0.4 is 9.47 Å². The van der Waals surface area contributed by atoms with E-state index < -0.39 is 12.7 Å². The van der Waals surface area contributed by atoms with E-state index in [1.54, 1.807) is 24.3 Å². The van der Waals surface area contributed by atoms with E-state index in [-0.39, 0.29) is 36.7 Å². The highest BCUT2D eigenvalue weighted by molar-refractivity contribution is 6.17. The van der Waals surface area contributed by atoms with Gasteiger partial charge in [0.05, 0.1) is 26.3 Å². The molecule has 182 valence electrons. The minimum absolute atomic E-state index is 0.00650. The molecule has 0 unspecified atom stereocenters. The number of ether oxygens (including phenoxy) is 2. The topological polar surface area (TPSA) is 75.4 Å². The number of hydrogen-bond acceptors (Lipinski definition) is 7. The maximum Gasteiger partial charge on any atom is 0.401 e. The van der Waals surface area contributed by atoms with Crippen molar-refractivity contribution >= 4 is 16.8 Å². The van der Waals surface area contributed by atoms with Gasteiger partial charge in [-0.2, -0.15) is 13.2 Å². The van der Waals surface area contributed by atoms with Crippen LogP contribution in [0.25, 0.3) is 11.0 Å². The Hall–Kier alpha value is -3.24. The zero-order valence-electron chi connectivity index (χ0n) is 18.8. The van der Waals surface area contributed by atoms with Crippen LogP contribution >= 0.6 is 0 Å². The molecule has 1 fully saturated rings. The van der Waals surface area contributed by atoms with Gasteiger partial charge in [0, 0.05) is 49.2 Å². The molecule has 1 aliphatic rings. The smallest absolute Gasteiger partial charge is 0.401 e. The molecule has 1 saturated heterocycles. The Bertz CT molecular complexity index is 1180. The normalized spacial score (nSPS) is 15.6. The van der Waals surface area contributed by atoms with Crippen LogP contribution in [0.2, 0.25) is 0 Å². The summed E-state index contributed by atoms with van der Waals surface area (Å²) >= 11 is 0. The van der Waals surface area contributed by atoms with Crippen molar-refractivity contribution in [2.45, 2.75) is 12.7 Å². The highest BCUT2D eigenvalue weighted by Crippen LogP contribution is 2.35. The highest BCUT2D eigenvalue weighted by atomic mass is 19.4. The molecule has 2 aromatic carbocycles. The lowest BCUT2D eigenvalue weighted by molar-refractivity contribution is -0.149. The molecule has 0 aliphatic carbocycles. The number of alkyl halides is 3. The number of furan rings is 1. The first-order valence-corrected chi connectivity index (χ1v) is 10.7. The van der Waals surface area contributed by atoms with E-state index in [4.69, 9.17) is 13.9 Å². The van der Waals surface area contributed by atoms with Crippen LogP contribution in [0, 0.1) is 0 Å². The van der Waals surface area contributed by atoms with Crippen LogP contribution in [-0.2, 0) is 6.54 Å². The fraction of sp³-hybridized carbons (Fsp3) is 0.375. The average Bonchev–Trinajstić information content (AvgIpc) is 3.24. The predicted octanol–water partition coefficient (Wildman–Crippen LogP) is 4.07. The number of methoxy groups -OCH3 is 2. The van der Waals surface area contributed by atoms with E-state index in [0.717, 1.165) is 0 Å². The summed E-state index contributed by atoms with van der Waals surface area (Å²) in [4.78, 5) is 16.7. The van der Waals surface area contributed by atoms with Crippen molar-refractivity contribution in [2.24, 2.45) is 0 Å². The first kappa shape index (κ1) is 23.9. The summed E-state index contributed by atoms with van der Waals surface area (Å²) in [7, 11) is 2.98. The van der Waals surface area contributed by atoms with Gasteiger partial charge in [-0.3, -0.25) is 14.6 Å². The maximum absolute atomic E-state index is 13.4. The molecule has 0 radical (unpaired) electrons. The van der Waals surface area contributed by atoms with Gasteiger partial charge in [0.15, 0.2) is 17.3 Å². The third-order valence-electron chi connectivity index (χ3n) is 5.96. The lowest BCUT2D eigenvalue weighted by atomic mass is 9.98. The van der Waals surface area contributed by atoms with Gasteiger partial charge >= 0.3 is 6.18 Å². The summed E-state index contributed by atoms with van der Waals surface area (Å²) in [6.45, 7) is 0.672. The summed E-state index contributed by atoms with van der Waals surface area (Å²) in [6, 6.07) is 7.90. The Morgan fingerprint density at radius 2 is 1.71 bits per heavy atom. The first-order valence-electron chi connectivity index (χ1n) is 10.7. The monoisotopic (exact) mass is 478 g/mol. The molecule has 0 spiro atoms. The van der Waals surface area contributed by atoms with Gasteiger partial charge in [-0.25, -0.2) is 0 Å². The van der Waals surface area contributed by atoms with E-state index in [1.165, 1.54) is 31.4 Å². The van der Waals surface area contributed by atoms with Crippen molar-refractivity contribution < 1.29 is 37.0 Å². The average molecular weight is 478 g/mol. The Morgan fingerprint density at radius 1 is 1.03 bits per heavy atom. The largest absolute Gasteiger partial charge is 0.508 e. The SMILES string of the molecule is COc1ccc(C(=O)c2coc3ccc(O)c(CN4CCN(CC(F)(F)F)CC4)c23)cc1OC. The van der Waals surface area contributed by atoms with Gasteiger partial charge in [-0.1, -0.05) is 0 Å². The molecular weight excluding hydrogens is 453 g/mol. The van der Waals surface area contributed by atoms with E-state index in [9.17, 15) is 23.1 Å². The van der Waals surface area contributed by atoms with Crippen LogP contribution in [0.15, 0.2) is 41.0 Å². The van der Waals surface area contributed by atoms with Crippen LogP contribution in [0.4, 0.5) is 13.2 Å². The van der Waals surface area contributed by atoms with Crippen molar-refractivity contribution in [1.29, 1.82) is 0 Å². The fourth-order valence-corrected chi connectivity index (χ4v) is 4.23. The second-order valence-corrected chi connectivity index (χ2v) is 8.15. The van der Waals surface area contributed by atoms with Crippen molar-refractivity contribution in [3.8, 4) is 17.2 Å². The molecule has 34 heavy (non-hydrogen) atoms. The number of hydrogen-bond donors (Lipinski definition) is 1. The Labute approximate surface area is 194 Å². The van der Waals surface area contributed by atoms with E-state index in [0.29, 0.717) is 46.7 Å². The molecule has 0 saturated carbocycles. The van der Waals surface area contributed by atoms with E-state index in [1.807, 2.05) is 4.90 Å². The molecule has 1 aromatic heterocycles. The van der Waals surface area contributed by atoms with E-state index in [2.05, 4.69) is 0 Å². The summed E-state index contributed by atoms with van der Waals surface area (Å²) in [5, 5.41) is 11.1. The second-order valence-electron chi connectivity index (χ2n) is 8.15. The van der Waals surface area contributed by atoms with Gasteiger partial charge in [-0.15, -0.1) is 0 Å². The summed E-state index contributed by atoms with van der Waals surface area (Å²) in [5.74, 6) is 0.564. The quantitative estimate of drug-likeness (QED) is 0.513. The lowest BCUT2D eigenvalue weighted by Gasteiger charge is -2.35. The number of phenols is 1. The Morgan fingerprint density at radius 3 is 2.35 bits per heavy atom. The number of halogens is 3. The molecule has 3 aromatic rings. The minimum atomic E-state index is -4.23. The predicted molar refractivity (Wildman–Crippen MR) is 119 cm³/mol. The van der Waals surface area contributed by atoms with Gasteiger partial charge in [0.25, 0.3) is 0 Å². The van der Waals surface area contributed by atoms with Gasteiger partial charge in [-0.05, 0) is 30.3 Å². The molecule has 4 rings (SSSR count). The number of ketones is 1. The van der Waals surface area contributed by atoms with Crippen molar-refractivity contribution in [1.82, 2.24) is 9.80 Å². The maximum atomic E-state index is 13.4. The van der Waals surface area contributed by atoms with Crippen molar-refractivity contribution in [2.75, 3.05) is 46.9 Å².